The summed E-state index contributed by atoms with van der Waals surface area (Å²) in [6.07, 6.45) is 2.70. The van der Waals surface area contributed by atoms with Crippen LogP contribution in [0.15, 0.2) is 47.4 Å². The molecule has 174 valence electrons. The molecule has 2 aliphatic rings. The zero-order valence-corrected chi connectivity index (χ0v) is 19.2. The molecule has 0 amide bonds. The summed E-state index contributed by atoms with van der Waals surface area (Å²) in [6, 6.07) is 13.5. The number of nitriles is 1. The molecule has 0 aromatic heterocycles. The SMILES string of the molecule is N#Cc1ccc(COC(=O)c2cc(S(=O)(=O)N3CCCCC3)ccc2N2CCOCC2)cc1. The molecule has 2 aromatic carbocycles. The Morgan fingerprint density at radius 3 is 2.36 bits per heavy atom. The minimum Gasteiger partial charge on any atom is -0.457 e. The van der Waals surface area contributed by atoms with Crippen LogP contribution in [0.2, 0.25) is 0 Å². The number of benzene rings is 2. The van der Waals surface area contributed by atoms with Crippen LogP contribution in [0.3, 0.4) is 0 Å². The lowest BCUT2D eigenvalue weighted by Gasteiger charge is -2.31. The highest BCUT2D eigenvalue weighted by molar-refractivity contribution is 7.89. The summed E-state index contributed by atoms with van der Waals surface area (Å²) in [4.78, 5) is 15.2. The van der Waals surface area contributed by atoms with Gasteiger partial charge in [0, 0.05) is 26.2 Å². The summed E-state index contributed by atoms with van der Waals surface area (Å²) in [5.74, 6) is -0.587. The number of anilines is 1. The van der Waals surface area contributed by atoms with Crippen LogP contribution in [-0.2, 0) is 26.1 Å². The van der Waals surface area contributed by atoms with Gasteiger partial charge in [-0.15, -0.1) is 0 Å². The number of morpholine rings is 1. The molecule has 0 saturated carbocycles. The van der Waals surface area contributed by atoms with Gasteiger partial charge in [-0.25, -0.2) is 13.2 Å². The predicted molar refractivity (Wildman–Crippen MR) is 122 cm³/mol. The number of ether oxygens (including phenoxy) is 2. The van der Waals surface area contributed by atoms with Crippen molar-refractivity contribution in [1.29, 1.82) is 5.26 Å². The normalized spacial score (nSPS) is 17.4. The molecule has 0 spiro atoms. The Balaban J connectivity index is 1.61. The van der Waals surface area contributed by atoms with Crippen molar-refractivity contribution in [1.82, 2.24) is 4.31 Å². The average molecular weight is 470 g/mol. The number of nitrogens with zero attached hydrogens (tertiary/aromatic N) is 3. The zero-order valence-electron chi connectivity index (χ0n) is 18.4. The van der Waals surface area contributed by atoms with E-state index in [-0.39, 0.29) is 17.1 Å². The summed E-state index contributed by atoms with van der Waals surface area (Å²) < 4.78 is 38.9. The maximum Gasteiger partial charge on any atom is 0.340 e. The van der Waals surface area contributed by atoms with Gasteiger partial charge in [0.2, 0.25) is 10.0 Å². The second-order valence-corrected chi connectivity index (χ2v) is 10.1. The third-order valence-electron chi connectivity index (χ3n) is 5.95. The lowest BCUT2D eigenvalue weighted by Crippen LogP contribution is -2.38. The first-order valence-corrected chi connectivity index (χ1v) is 12.6. The molecule has 33 heavy (non-hydrogen) atoms. The van der Waals surface area contributed by atoms with E-state index >= 15 is 0 Å². The summed E-state index contributed by atoms with van der Waals surface area (Å²) in [5, 5.41) is 8.93. The van der Waals surface area contributed by atoms with Crippen molar-refractivity contribution in [3.63, 3.8) is 0 Å². The molecule has 2 aromatic rings. The average Bonchev–Trinajstić information content (AvgIpc) is 2.88. The summed E-state index contributed by atoms with van der Waals surface area (Å²) in [5.41, 5.74) is 2.13. The summed E-state index contributed by atoms with van der Waals surface area (Å²) in [7, 11) is -3.69. The monoisotopic (exact) mass is 469 g/mol. The fourth-order valence-corrected chi connectivity index (χ4v) is 5.62. The molecule has 2 aliphatic heterocycles. The number of hydrogen-bond acceptors (Lipinski definition) is 7. The molecular formula is C24H27N3O5S. The Labute approximate surface area is 194 Å². The molecule has 2 heterocycles. The van der Waals surface area contributed by atoms with Gasteiger partial charge in [-0.3, -0.25) is 0 Å². The van der Waals surface area contributed by atoms with Crippen molar-refractivity contribution in [2.75, 3.05) is 44.3 Å². The quantitative estimate of drug-likeness (QED) is 0.600. The Morgan fingerprint density at radius 1 is 1.00 bits per heavy atom. The zero-order chi connectivity index (χ0) is 23.3. The van der Waals surface area contributed by atoms with Crippen molar-refractivity contribution in [3.8, 4) is 6.07 Å². The van der Waals surface area contributed by atoms with E-state index in [1.807, 2.05) is 4.90 Å². The van der Waals surface area contributed by atoms with Crippen LogP contribution >= 0.6 is 0 Å². The molecule has 0 bridgehead atoms. The van der Waals surface area contributed by atoms with Gasteiger partial charge in [-0.2, -0.15) is 9.57 Å². The molecule has 0 radical (unpaired) electrons. The topological polar surface area (TPSA) is 99.9 Å². The van der Waals surface area contributed by atoms with Crippen LogP contribution in [0.4, 0.5) is 5.69 Å². The van der Waals surface area contributed by atoms with Crippen LogP contribution < -0.4 is 4.90 Å². The second kappa shape index (κ2) is 10.3. The smallest absolute Gasteiger partial charge is 0.340 e. The van der Waals surface area contributed by atoms with Crippen molar-refractivity contribution in [2.45, 2.75) is 30.8 Å². The van der Waals surface area contributed by atoms with Crippen LogP contribution in [0.25, 0.3) is 0 Å². The number of carbonyl (C=O) groups is 1. The van der Waals surface area contributed by atoms with Crippen LogP contribution in [0.1, 0.15) is 40.7 Å². The highest BCUT2D eigenvalue weighted by Crippen LogP contribution is 2.29. The highest BCUT2D eigenvalue weighted by Gasteiger charge is 2.29. The van der Waals surface area contributed by atoms with E-state index in [1.54, 1.807) is 36.4 Å². The molecule has 0 N–H and O–H groups in total. The van der Waals surface area contributed by atoms with Gasteiger partial charge in [0.25, 0.3) is 0 Å². The fourth-order valence-electron chi connectivity index (χ4n) is 4.08. The Bertz CT molecular complexity index is 1130. The third-order valence-corrected chi connectivity index (χ3v) is 7.84. The van der Waals surface area contributed by atoms with Crippen LogP contribution in [0, 0.1) is 11.3 Å². The van der Waals surface area contributed by atoms with Crippen LogP contribution in [0.5, 0.6) is 0 Å². The Morgan fingerprint density at radius 2 is 1.70 bits per heavy atom. The number of hydrogen-bond donors (Lipinski definition) is 0. The first-order valence-electron chi connectivity index (χ1n) is 11.1. The number of esters is 1. The van der Waals surface area contributed by atoms with E-state index in [2.05, 4.69) is 6.07 Å². The molecule has 2 saturated heterocycles. The summed E-state index contributed by atoms with van der Waals surface area (Å²) in [6.45, 7) is 3.29. The van der Waals surface area contributed by atoms with Gasteiger partial charge in [-0.05, 0) is 48.7 Å². The highest BCUT2D eigenvalue weighted by atomic mass is 32.2. The molecule has 2 fully saturated rings. The molecule has 0 aliphatic carbocycles. The van der Waals surface area contributed by atoms with E-state index in [4.69, 9.17) is 14.7 Å². The van der Waals surface area contributed by atoms with E-state index in [1.165, 1.54) is 10.4 Å². The number of piperidine rings is 1. The van der Waals surface area contributed by atoms with E-state index in [0.29, 0.717) is 50.6 Å². The van der Waals surface area contributed by atoms with Gasteiger partial charge in [0.05, 0.1) is 41.0 Å². The lowest BCUT2D eigenvalue weighted by atomic mass is 10.1. The molecule has 9 heteroatoms. The number of rotatable bonds is 6. The predicted octanol–water partition coefficient (Wildman–Crippen LogP) is 2.93. The minimum atomic E-state index is -3.69. The van der Waals surface area contributed by atoms with Gasteiger partial charge in [0.15, 0.2) is 0 Å². The first kappa shape index (κ1) is 23.2. The maximum absolute atomic E-state index is 13.2. The Hall–Kier alpha value is -2.93. The molecule has 0 unspecified atom stereocenters. The van der Waals surface area contributed by atoms with Gasteiger partial charge in [-0.1, -0.05) is 18.6 Å². The largest absolute Gasteiger partial charge is 0.457 e. The molecular weight excluding hydrogens is 442 g/mol. The molecule has 0 atom stereocenters. The standard InChI is InChI=1S/C24H27N3O5S/c25-17-19-4-6-20(7-5-19)18-32-24(28)22-16-21(33(29,30)27-10-2-1-3-11-27)8-9-23(22)26-12-14-31-15-13-26/h4-9,16H,1-3,10-15,18H2. The van der Waals surface area contributed by atoms with Gasteiger partial charge >= 0.3 is 5.97 Å². The fraction of sp³-hybridized carbons (Fsp3) is 0.417. The van der Waals surface area contributed by atoms with Gasteiger partial charge in [0.1, 0.15) is 6.61 Å². The Kier molecular flexibility index (Phi) is 7.28. The van der Waals surface area contributed by atoms with Crippen LogP contribution in [-0.4, -0.2) is 58.1 Å². The number of sulfonamides is 1. The summed E-state index contributed by atoms with van der Waals surface area (Å²) >= 11 is 0. The third kappa shape index (κ3) is 5.36. The van der Waals surface area contributed by atoms with E-state index in [9.17, 15) is 13.2 Å². The maximum atomic E-state index is 13.2. The van der Waals surface area contributed by atoms with Crippen molar-refractivity contribution < 1.29 is 22.7 Å². The van der Waals surface area contributed by atoms with E-state index in [0.717, 1.165) is 24.8 Å². The van der Waals surface area contributed by atoms with E-state index < -0.39 is 16.0 Å². The van der Waals surface area contributed by atoms with Crippen molar-refractivity contribution in [3.05, 3.63) is 59.2 Å². The van der Waals surface area contributed by atoms with Crippen molar-refractivity contribution in [2.24, 2.45) is 0 Å². The molecule has 4 rings (SSSR count). The second-order valence-electron chi connectivity index (χ2n) is 8.13. The first-order chi connectivity index (χ1) is 16.0. The van der Waals surface area contributed by atoms with Gasteiger partial charge < -0.3 is 14.4 Å². The van der Waals surface area contributed by atoms with Crippen molar-refractivity contribution >= 4 is 21.7 Å². The minimum absolute atomic E-state index is 0.0240. The lowest BCUT2D eigenvalue weighted by molar-refractivity contribution is 0.0472. The molecule has 8 nitrogen and oxygen atoms in total. The number of carbonyl (C=O) groups excluding carboxylic acids is 1.